The molecule has 0 radical (unpaired) electrons. The molecule has 4 aromatic rings. The monoisotopic (exact) mass is 477 g/mol. The Morgan fingerprint density at radius 3 is 2.59 bits per heavy atom. The first-order valence-corrected chi connectivity index (χ1v) is 12.3. The van der Waals surface area contributed by atoms with Gasteiger partial charge >= 0.3 is 5.76 Å². The number of sulfonamides is 1. The minimum Gasteiger partial charge on any atom is -0.408 e. The average molecular weight is 478 g/mol. The van der Waals surface area contributed by atoms with Crippen LogP contribution in [0.3, 0.4) is 0 Å². The minimum atomic E-state index is -3.62. The van der Waals surface area contributed by atoms with Crippen molar-refractivity contribution in [3.63, 3.8) is 0 Å². The Morgan fingerprint density at radius 1 is 1.03 bits per heavy atom. The summed E-state index contributed by atoms with van der Waals surface area (Å²) < 4.78 is 34.1. The maximum Gasteiger partial charge on any atom is 0.420 e. The fraction of sp³-hybridized carbons (Fsp3) is 0.200. The van der Waals surface area contributed by atoms with E-state index in [0.29, 0.717) is 29.8 Å². The number of aromatic nitrogens is 1. The zero-order chi connectivity index (χ0) is 23.9. The topological polar surface area (TPSA) is 102 Å². The molecule has 34 heavy (non-hydrogen) atoms. The third-order valence-corrected chi connectivity index (χ3v) is 7.86. The number of benzene rings is 3. The summed E-state index contributed by atoms with van der Waals surface area (Å²) in [7, 11) is -3.62. The van der Waals surface area contributed by atoms with Gasteiger partial charge in [-0.2, -0.15) is 4.31 Å². The average Bonchev–Trinajstić information content (AvgIpc) is 3.13. The molecule has 9 heteroatoms. The van der Waals surface area contributed by atoms with E-state index >= 15 is 0 Å². The number of carbonyl (C=O) groups excluding carboxylic acids is 1. The standard InChI is InChI=1S/C25H23N3O5S/c1-17-6-10-21(11-7-17)34(31,32)27-13-12-18-8-9-20(14-19(18)15-27)26-24(29)16-28-22-4-2-3-5-23(22)33-25(28)30/h2-11,14H,12-13,15-16H2,1H3,(H,26,29). The van der Waals surface area contributed by atoms with Crippen LogP contribution in [0.25, 0.3) is 11.1 Å². The highest BCUT2D eigenvalue weighted by atomic mass is 32.2. The van der Waals surface area contributed by atoms with Gasteiger partial charge in [-0.25, -0.2) is 13.2 Å². The summed E-state index contributed by atoms with van der Waals surface area (Å²) >= 11 is 0. The van der Waals surface area contributed by atoms with Gasteiger partial charge in [0.25, 0.3) is 0 Å². The normalized spacial score (nSPS) is 14.1. The van der Waals surface area contributed by atoms with Crippen molar-refractivity contribution < 1.29 is 17.6 Å². The SMILES string of the molecule is Cc1ccc(S(=O)(=O)N2CCc3ccc(NC(=O)Cn4c(=O)oc5ccccc54)cc3C2)cc1. The van der Waals surface area contributed by atoms with Gasteiger partial charge in [0.1, 0.15) is 6.54 Å². The molecule has 0 spiro atoms. The lowest BCUT2D eigenvalue weighted by molar-refractivity contribution is -0.116. The third kappa shape index (κ3) is 4.15. The van der Waals surface area contributed by atoms with Crippen LogP contribution in [0.2, 0.25) is 0 Å². The van der Waals surface area contributed by atoms with E-state index in [9.17, 15) is 18.0 Å². The molecule has 0 saturated carbocycles. The number of hydrogen-bond acceptors (Lipinski definition) is 5. The number of fused-ring (bicyclic) bond motifs is 2. The molecule has 8 nitrogen and oxygen atoms in total. The molecule has 3 aromatic carbocycles. The molecule has 0 saturated heterocycles. The second-order valence-corrected chi connectivity index (χ2v) is 10.3. The molecule has 0 aliphatic carbocycles. The molecule has 174 valence electrons. The maximum absolute atomic E-state index is 13.1. The van der Waals surface area contributed by atoms with E-state index in [2.05, 4.69) is 5.32 Å². The van der Waals surface area contributed by atoms with Crippen molar-refractivity contribution in [1.29, 1.82) is 0 Å². The van der Waals surface area contributed by atoms with Crippen molar-refractivity contribution in [3.8, 4) is 0 Å². The summed E-state index contributed by atoms with van der Waals surface area (Å²) in [6.07, 6.45) is 0.588. The second kappa shape index (κ2) is 8.58. The highest BCUT2D eigenvalue weighted by Crippen LogP contribution is 2.27. The van der Waals surface area contributed by atoms with Crippen molar-refractivity contribution in [2.75, 3.05) is 11.9 Å². The van der Waals surface area contributed by atoms with Crippen molar-refractivity contribution in [3.05, 3.63) is 94.0 Å². The molecule has 0 bridgehead atoms. The number of carbonyl (C=O) groups is 1. The van der Waals surface area contributed by atoms with Crippen LogP contribution in [0.5, 0.6) is 0 Å². The molecule has 1 amide bonds. The van der Waals surface area contributed by atoms with E-state index in [-0.39, 0.29) is 23.9 Å². The van der Waals surface area contributed by atoms with Gasteiger partial charge < -0.3 is 9.73 Å². The zero-order valence-corrected chi connectivity index (χ0v) is 19.3. The van der Waals surface area contributed by atoms with Gasteiger partial charge in [-0.1, -0.05) is 35.9 Å². The zero-order valence-electron chi connectivity index (χ0n) is 18.5. The van der Waals surface area contributed by atoms with Crippen molar-refractivity contribution in [1.82, 2.24) is 8.87 Å². The fourth-order valence-corrected chi connectivity index (χ4v) is 5.60. The van der Waals surface area contributed by atoms with Gasteiger partial charge in [-0.3, -0.25) is 9.36 Å². The number of anilines is 1. The van der Waals surface area contributed by atoms with Gasteiger partial charge in [-0.05, 0) is 60.9 Å². The van der Waals surface area contributed by atoms with Gasteiger partial charge in [0.05, 0.1) is 10.4 Å². The molecule has 2 heterocycles. The number of para-hydroxylation sites is 2. The summed E-state index contributed by atoms with van der Waals surface area (Å²) in [6.45, 7) is 2.34. The van der Waals surface area contributed by atoms with Crippen LogP contribution in [0.15, 0.2) is 80.8 Å². The Hall–Kier alpha value is -3.69. The Morgan fingerprint density at radius 2 is 1.79 bits per heavy atom. The van der Waals surface area contributed by atoms with Crippen molar-refractivity contribution >= 4 is 32.7 Å². The molecule has 1 aromatic heterocycles. The third-order valence-electron chi connectivity index (χ3n) is 6.00. The van der Waals surface area contributed by atoms with E-state index < -0.39 is 15.8 Å². The summed E-state index contributed by atoms with van der Waals surface area (Å²) in [6, 6.07) is 19.2. The molecule has 0 unspecified atom stereocenters. The predicted octanol–water partition coefficient (Wildman–Crippen LogP) is 3.29. The Balaban J connectivity index is 1.33. The predicted molar refractivity (Wildman–Crippen MR) is 128 cm³/mol. The summed E-state index contributed by atoms with van der Waals surface area (Å²) in [4.78, 5) is 25.1. The van der Waals surface area contributed by atoms with Gasteiger partial charge in [0.2, 0.25) is 15.9 Å². The van der Waals surface area contributed by atoms with Crippen LogP contribution in [0.1, 0.15) is 16.7 Å². The maximum atomic E-state index is 13.1. The van der Waals surface area contributed by atoms with Crippen LogP contribution in [-0.2, 0) is 34.3 Å². The van der Waals surface area contributed by atoms with Crippen LogP contribution >= 0.6 is 0 Å². The lowest BCUT2D eigenvalue weighted by Gasteiger charge is -2.28. The number of nitrogens with one attached hydrogen (secondary N) is 1. The Kier molecular flexibility index (Phi) is 5.59. The van der Waals surface area contributed by atoms with Crippen LogP contribution in [0, 0.1) is 6.92 Å². The van der Waals surface area contributed by atoms with E-state index in [1.807, 2.05) is 13.0 Å². The van der Waals surface area contributed by atoms with E-state index in [4.69, 9.17) is 4.42 Å². The first kappa shape index (κ1) is 22.1. The molecular weight excluding hydrogens is 454 g/mol. The molecule has 1 aliphatic rings. The van der Waals surface area contributed by atoms with Crippen LogP contribution < -0.4 is 11.1 Å². The smallest absolute Gasteiger partial charge is 0.408 e. The highest BCUT2D eigenvalue weighted by molar-refractivity contribution is 7.89. The van der Waals surface area contributed by atoms with Crippen molar-refractivity contribution in [2.45, 2.75) is 31.3 Å². The first-order valence-electron chi connectivity index (χ1n) is 10.9. The first-order chi connectivity index (χ1) is 16.3. The lowest BCUT2D eigenvalue weighted by atomic mass is 10.0. The number of hydrogen-bond donors (Lipinski definition) is 1. The lowest BCUT2D eigenvalue weighted by Crippen LogP contribution is -2.36. The Bertz CT molecular complexity index is 1550. The van der Waals surface area contributed by atoms with E-state index in [1.165, 1.54) is 8.87 Å². The molecule has 5 rings (SSSR count). The fourth-order valence-electron chi connectivity index (χ4n) is 4.18. The van der Waals surface area contributed by atoms with Gasteiger partial charge in [0, 0.05) is 18.8 Å². The Labute approximate surface area is 196 Å². The number of amides is 1. The van der Waals surface area contributed by atoms with Crippen LogP contribution in [0.4, 0.5) is 5.69 Å². The number of oxazole rings is 1. The molecule has 0 atom stereocenters. The molecular formula is C25H23N3O5S. The summed E-state index contributed by atoms with van der Waals surface area (Å²) in [5.41, 5.74) is 4.39. The summed E-state index contributed by atoms with van der Waals surface area (Å²) in [5.74, 6) is -0.979. The van der Waals surface area contributed by atoms with Gasteiger partial charge in [0.15, 0.2) is 5.58 Å². The largest absolute Gasteiger partial charge is 0.420 e. The minimum absolute atomic E-state index is 0.194. The van der Waals surface area contributed by atoms with Crippen molar-refractivity contribution in [2.24, 2.45) is 0 Å². The number of aryl methyl sites for hydroxylation is 1. The quantitative estimate of drug-likeness (QED) is 0.475. The molecule has 0 fully saturated rings. The summed E-state index contributed by atoms with van der Waals surface area (Å²) in [5, 5.41) is 2.81. The molecule has 1 aliphatic heterocycles. The highest BCUT2D eigenvalue weighted by Gasteiger charge is 2.28. The second-order valence-electron chi connectivity index (χ2n) is 8.36. The van der Waals surface area contributed by atoms with E-state index in [1.54, 1.807) is 60.7 Å². The number of rotatable bonds is 5. The molecule has 1 N–H and O–H groups in total. The van der Waals surface area contributed by atoms with Crippen LogP contribution in [-0.4, -0.2) is 29.7 Å². The van der Waals surface area contributed by atoms with Gasteiger partial charge in [-0.15, -0.1) is 0 Å². The van der Waals surface area contributed by atoms with E-state index in [0.717, 1.165) is 16.7 Å². The number of nitrogens with zero attached hydrogens (tertiary/aromatic N) is 2.